The van der Waals surface area contributed by atoms with Crippen LogP contribution < -0.4 is 38.9 Å². The van der Waals surface area contributed by atoms with Crippen LogP contribution in [0.3, 0.4) is 0 Å². The molecule has 13 N–H and O–H groups in total. The molecule has 0 saturated carbocycles. The Bertz CT molecular complexity index is 1090. The number of phenols is 1. The highest BCUT2D eigenvalue weighted by Gasteiger charge is 2.31. The lowest BCUT2D eigenvalue weighted by Gasteiger charge is -2.25. The van der Waals surface area contributed by atoms with Crippen LogP contribution in [0.5, 0.6) is 5.75 Å². The summed E-state index contributed by atoms with van der Waals surface area (Å²) in [6.45, 7) is 0. The number of primary amides is 3. The normalized spacial score (nSPS) is 13.6. The third kappa shape index (κ3) is 12.7. The summed E-state index contributed by atoms with van der Waals surface area (Å²) in [5, 5.41) is 25.9. The van der Waals surface area contributed by atoms with Crippen molar-refractivity contribution in [3.8, 4) is 5.75 Å². The summed E-state index contributed by atoms with van der Waals surface area (Å²) >= 11 is 0. The third-order valence-electron chi connectivity index (χ3n) is 5.65. The number of aliphatic carboxylic acids is 1. The Balaban J connectivity index is 3.16. The van der Waals surface area contributed by atoms with Gasteiger partial charge in [-0.25, -0.2) is 4.79 Å². The van der Waals surface area contributed by atoms with Crippen LogP contribution in [0.25, 0.3) is 0 Å². The molecular formula is C24H35N7O9. The van der Waals surface area contributed by atoms with Crippen LogP contribution in [0.2, 0.25) is 0 Å². The van der Waals surface area contributed by atoms with E-state index in [1.807, 2.05) is 0 Å². The van der Waals surface area contributed by atoms with Crippen molar-refractivity contribution in [1.29, 1.82) is 0 Å². The van der Waals surface area contributed by atoms with E-state index in [1.165, 1.54) is 24.3 Å². The van der Waals surface area contributed by atoms with Crippen molar-refractivity contribution in [2.75, 3.05) is 0 Å². The minimum atomic E-state index is -1.52. The average Bonchev–Trinajstić information content (AvgIpc) is 2.87. The number of benzene rings is 1. The van der Waals surface area contributed by atoms with E-state index in [4.69, 9.17) is 22.9 Å². The van der Waals surface area contributed by atoms with Gasteiger partial charge >= 0.3 is 5.97 Å². The molecule has 16 nitrogen and oxygen atoms in total. The number of carboxylic acid groups (broad SMARTS) is 1. The summed E-state index contributed by atoms with van der Waals surface area (Å²) in [6.07, 6.45) is -1.74. The highest BCUT2D eigenvalue weighted by atomic mass is 16.4. The van der Waals surface area contributed by atoms with E-state index < -0.39 is 65.6 Å². The molecular weight excluding hydrogens is 530 g/mol. The topological polar surface area (TPSA) is 300 Å². The second kappa shape index (κ2) is 16.3. The number of hydrogen-bond donors (Lipinski definition) is 9. The number of carbonyl (C=O) groups excluding carboxylic acids is 6. The van der Waals surface area contributed by atoms with E-state index >= 15 is 0 Å². The van der Waals surface area contributed by atoms with Gasteiger partial charge in [-0.15, -0.1) is 0 Å². The van der Waals surface area contributed by atoms with Gasteiger partial charge < -0.3 is 49.1 Å². The van der Waals surface area contributed by atoms with E-state index in [0.29, 0.717) is 5.56 Å². The molecule has 0 spiro atoms. The van der Waals surface area contributed by atoms with Crippen molar-refractivity contribution in [2.45, 2.75) is 69.1 Å². The summed E-state index contributed by atoms with van der Waals surface area (Å²) in [4.78, 5) is 83.8. The van der Waals surface area contributed by atoms with E-state index in [0.717, 1.165) is 0 Å². The lowest BCUT2D eigenvalue weighted by Crippen LogP contribution is -2.57. The van der Waals surface area contributed by atoms with Crippen LogP contribution in [0, 0.1) is 0 Å². The molecule has 40 heavy (non-hydrogen) atoms. The zero-order valence-electron chi connectivity index (χ0n) is 21.6. The standard InChI is InChI=1S/C24H35N7O9/c25-14(5-8-18(26)33)21(36)31-17(11-12-1-3-13(32)4-2-12)23(38)29-15(6-9-19(27)34)22(37)30-16(24(39)40)7-10-20(28)35/h1-4,14-17,32H,5-11,25H2,(H2,26,33)(H2,27,34)(H2,28,35)(H,29,38)(H,30,37)(H,31,36)(H,39,40). The second-order valence-corrected chi connectivity index (χ2v) is 9.01. The van der Waals surface area contributed by atoms with Gasteiger partial charge in [0.15, 0.2) is 0 Å². The Morgan fingerprint density at radius 3 is 1.57 bits per heavy atom. The molecule has 0 radical (unpaired) electrons. The van der Waals surface area contributed by atoms with Crippen LogP contribution in [0.4, 0.5) is 0 Å². The largest absolute Gasteiger partial charge is 0.508 e. The molecule has 0 saturated heterocycles. The van der Waals surface area contributed by atoms with E-state index in [1.54, 1.807) is 0 Å². The van der Waals surface area contributed by atoms with E-state index in [9.17, 15) is 43.8 Å². The van der Waals surface area contributed by atoms with Gasteiger partial charge in [0.25, 0.3) is 0 Å². The molecule has 1 aromatic carbocycles. The highest BCUT2D eigenvalue weighted by Crippen LogP contribution is 2.12. The Kier molecular flexibility index (Phi) is 13.6. The van der Waals surface area contributed by atoms with Crippen molar-refractivity contribution in [1.82, 2.24) is 16.0 Å². The molecule has 4 atom stereocenters. The molecule has 4 unspecified atom stereocenters. The predicted octanol–water partition coefficient (Wildman–Crippen LogP) is -3.40. The fourth-order valence-corrected chi connectivity index (χ4v) is 3.43. The zero-order chi connectivity index (χ0) is 30.4. The maximum Gasteiger partial charge on any atom is 0.326 e. The number of amides is 6. The number of nitrogens with one attached hydrogen (secondary N) is 3. The van der Waals surface area contributed by atoms with Crippen molar-refractivity contribution in [2.24, 2.45) is 22.9 Å². The molecule has 0 bridgehead atoms. The van der Waals surface area contributed by atoms with Crippen LogP contribution in [-0.2, 0) is 40.0 Å². The van der Waals surface area contributed by atoms with E-state index in [2.05, 4.69) is 16.0 Å². The molecule has 16 heteroatoms. The number of hydrogen-bond acceptors (Lipinski definition) is 9. The van der Waals surface area contributed by atoms with Gasteiger partial charge in [-0.2, -0.15) is 0 Å². The quantitative estimate of drug-likeness (QED) is 0.0849. The summed E-state index contributed by atoms with van der Waals surface area (Å²) in [5.74, 6) is -6.45. The lowest BCUT2D eigenvalue weighted by atomic mass is 10.0. The van der Waals surface area contributed by atoms with Crippen LogP contribution in [-0.4, -0.2) is 75.8 Å². The first-order valence-corrected chi connectivity index (χ1v) is 12.2. The van der Waals surface area contributed by atoms with Gasteiger partial charge in [0.1, 0.15) is 23.9 Å². The van der Waals surface area contributed by atoms with Gasteiger partial charge in [-0.05, 0) is 37.0 Å². The number of carbonyl (C=O) groups is 7. The number of nitrogens with two attached hydrogens (primary N) is 4. The highest BCUT2D eigenvalue weighted by molar-refractivity contribution is 5.94. The summed E-state index contributed by atoms with van der Waals surface area (Å²) in [5.41, 5.74) is 21.6. The molecule has 0 heterocycles. The molecule has 0 aromatic heterocycles. The predicted molar refractivity (Wildman–Crippen MR) is 138 cm³/mol. The monoisotopic (exact) mass is 565 g/mol. The fraction of sp³-hybridized carbons (Fsp3) is 0.458. The molecule has 0 aliphatic heterocycles. The van der Waals surface area contributed by atoms with Gasteiger partial charge in [0.05, 0.1) is 6.04 Å². The molecule has 0 aliphatic rings. The Morgan fingerprint density at radius 1 is 0.650 bits per heavy atom. The molecule has 1 aromatic rings. The number of aromatic hydroxyl groups is 1. The molecule has 220 valence electrons. The first-order valence-electron chi connectivity index (χ1n) is 12.2. The van der Waals surface area contributed by atoms with Crippen molar-refractivity contribution < 1.29 is 43.8 Å². The van der Waals surface area contributed by atoms with Gasteiger partial charge in [-0.1, -0.05) is 12.1 Å². The lowest BCUT2D eigenvalue weighted by molar-refractivity contribution is -0.142. The number of rotatable bonds is 18. The van der Waals surface area contributed by atoms with Crippen LogP contribution in [0.1, 0.15) is 44.1 Å². The van der Waals surface area contributed by atoms with Crippen molar-refractivity contribution in [3.63, 3.8) is 0 Å². The Labute approximate surface area is 229 Å². The SMILES string of the molecule is NC(=O)CCC(N)C(=O)NC(Cc1ccc(O)cc1)C(=O)NC(CCC(N)=O)C(=O)NC(CCC(N)=O)C(=O)O. The van der Waals surface area contributed by atoms with Gasteiger partial charge in [0, 0.05) is 25.7 Å². The smallest absolute Gasteiger partial charge is 0.326 e. The first-order chi connectivity index (χ1) is 18.7. The molecule has 0 fully saturated rings. The summed E-state index contributed by atoms with van der Waals surface area (Å²) in [6, 6.07) is 0.174. The Hall–Kier alpha value is -4.73. The number of carboxylic acids is 1. The van der Waals surface area contributed by atoms with Crippen LogP contribution in [0.15, 0.2) is 24.3 Å². The molecule has 6 amide bonds. The van der Waals surface area contributed by atoms with Crippen molar-refractivity contribution >= 4 is 41.4 Å². The summed E-state index contributed by atoms with van der Waals surface area (Å²) in [7, 11) is 0. The van der Waals surface area contributed by atoms with Crippen molar-refractivity contribution in [3.05, 3.63) is 29.8 Å². The number of phenolic OH excluding ortho intramolecular Hbond substituents is 1. The van der Waals surface area contributed by atoms with Crippen LogP contribution >= 0.6 is 0 Å². The molecule has 1 rings (SSSR count). The fourth-order valence-electron chi connectivity index (χ4n) is 3.43. The third-order valence-corrected chi connectivity index (χ3v) is 5.65. The summed E-state index contributed by atoms with van der Waals surface area (Å²) < 4.78 is 0. The maximum absolute atomic E-state index is 13.3. The second-order valence-electron chi connectivity index (χ2n) is 9.01. The first kappa shape index (κ1) is 33.3. The zero-order valence-corrected chi connectivity index (χ0v) is 21.6. The maximum atomic E-state index is 13.3. The molecule has 0 aliphatic carbocycles. The average molecular weight is 566 g/mol. The minimum Gasteiger partial charge on any atom is -0.508 e. The van der Waals surface area contributed by atoms with E-state index in [-0.39, 0.29) is 50.7 Å². The van der Waals surface area contributed by atoms with Gasteiger partial charge in [-0.3, -0.25) is 28.8 Å². The Morgan fingerprint density at radius 2 is 1.07 bits per heavy atom. The van der Waals surface area contributed by atoms with Gasteiger partial charge in [0.2, 0.25) is 35.4 Å². The minimum absolute atomic E-state index is 0.0465.